The number of amides is 2. The lowest BCUT2D eigenvalue weighted by Crippen LogP contribution is -2.55. The van der Waals surface area contributed by atoms with Crippen LogP contribution < -0.4 is 11.1 Å². The number of rotatable bonds is 8. The fourth-order valence-corrected chi connectivity index (χ4v) is 5.12. The number of carbonyl (C=O) groups is 3. The number of nitrogens with two attached hydrogens (primary N) is 1. The number of hydrogen-bond acceptors (Lipinski definition) is 4. The molecule has 5 rings (SSSR count). The Morgan fingerprint density at radius 2 is 1.56 bits per heavy atom. The number of benzene rings is 2. The monoisotopic (exact) mass is 487 g/mol. The molecule has 0 bridgehead atoms. The molecule has 2 aromatic carbocycles. The van der Waals surface area contributed by atoms with Gasteiger partial charge in [0.2, 0.25) is 11.8 Å². The Hall–Kier alpha value is -4.11. The van der Waals surface area contributed by atoms with E-state index in [0.717, 1.165) is 32.9 Å². The number of nitrogens with one attached hydrogen (secondary N) is 3. The fourth-order valence-electron chi connectivity index (χ4n) is 5.12. The van der Waals surface area contributed by atoms with Gasteiger partial charge < -0.3 is 31.0 Å². The molecule has 4 aromatic rings. The molecule has 1 aliphatic rings. The smallest absolute Gasteiger partial charge is 0.326 e. The summed E-state index contributed by atoms with van der Waals surface area (Å²) in [6.45, 7) is 0.345. The van der Waals surface area contributed by atoms with Crippen LogP contribution in [0.4, 0.5) is 0 Å². The first kappa shape index (κ1) is 23.6. The predicted octanol–water partition coefficient (Wildman–Crippen LogP) is 2.32. The first-order valence-corrected chi connectivity index (χ1v) is 12.1. The number of para-hydroxylation sites is 2. The van der Waals surface area contributed by atoms with Gasteiger partial charge in [-0.25, -0.2) is 4.79 Å². The van der Waals surface area contributed by atoms with E-state index in [1.807, 2.05) is 60.9 Å². The predicted molar refractivity (Wildman–Crippen MR) is 136 cm³/mol. The molecule has 0 spiro atoms. The maximum Gasteiger partial charge on any atom is 0.326 e. The summed E-state index contributed by atoms with van der Waals surface area (Å²) in [5.41, 5.74) is 9.95. The molecule has 3 heterocycles. The van der Waals surface area contributed by atoms with Crippen molar-refractivity contribution in [3.8, 4) is 0 Å². The van der Waals surface area contributed by atoms with E-state index in [1.165, 1.54) is 4.90 Å². The summed E-state index contributed by atoms with van der Waals surface area (Å²) in [5, 5.41) is 14.4. The van der Waals surface area contributed by atoms with Crippen LogP contribution in [0.2, 0.25) is 0 Å². The molecule has 2 amide bonds. The zero-order valence-electron chi connectivity index (χ0n) is 19.7. The molecule has 2 aromatic heterocycles. The molecule has 36 heavy (non-hydrogen) atoms. The summed E-state index contributed by atoms with van der Waals surface area (Å²) in [7, 11) is 0. The van der Waals surface area contributed by atoms with E-state index < -0.39 is 35.9 Å². The maximum atomic E-state index is 13.6. The Morgan fingerprint density at radius 3 is 2.17 bits per heavy atom. The molecular formula is C27H29N5O4. The van der Waals surface area contributed by atoms with Gasteiger partial charge in [0.15, 0.2) is 0 Å². The quantitative estimate of drug-likeness (QED) is 0.259. The molecule has 9 nitrogen and oxygen atoms in total. The average Bonchev–Trinajstić information content (AvgIpc) is 3.62. The number of aromatic nitrogens is 2. The number of carbonyl (C=O) groups excluding carboxylic acids is 2. The highest BCUT2D eigenvalue weighted by molar-refractivity contribution is 5.93. The van der Waals surface area contributed by atoms with Crippen LogP contribution in [-0.2, 0) is 27.2 Å². The molecule has 3 atom stereocenters. The van der Waals surface area contributed by atoms with Crippen molar-refractivity contribution in [1.82, 2.24) is 20.2 Å². The molecule has 0 aliphatic carbocycles. The number of carboxylic acid groups (broad SMARTS) is 1. The van der Waals surface area contributed by atoms with Crippen LogP contribution in [0.5, 0.6) is 0 Å². The lowest BCUT2D eigenvalue weighted by Gasteiger charge is -2.28. The van der Waals surface area contributed by atoms with Gasteiger partial charge in [0, 0.05) is 47.2 Å². The fraction of sp³-hybridized carbons (Fsp3) is 0.296. The van der Waals surface area contributed by atoms with Crippen molar-refractivity contribution < 1.29 is 19.5 Å². The van der Waals surface area contributed by atoms with Crippen LogP contribution in [0.25, 0.3) is 21.8 Å². The third kappa shape index (κ3) is 4.57. The van der Waals surface area contributed by atoms with Crippen LogP contribution in [0.3, 0.4) is 0 Å². The number of aromatic amines is 2. The van der Waals surface area contributed by atoms with Crippen LogP contribution in [0.1, 0.15) is 24.0 Å². The van der Waals surface area contributed by atoms with E-state index in [-0.39, 0.29) is 6.42 Å². The summed E-state index contributed by atoms with van der Waals surface area (Å²) in [6.07, 6.45) is 5.18. The minimum atomic E-state index is -1.03. The number of aliphatic carboxylic acids is 1. The van der Waals surface area contributed by atoms with Crippen LogP contribution in [0.15, 0.2) is 60.9 Å². The van der Waals surface area contributed by atoms with E-state index in [4.69, 9.17) is 5.73 Å². The molecule has 0 radical (unpaired) electrons. The Morgan fingerprint density at radius 1 is 0.972 bits per heavy atom. The van der Waals surface area contributed by atoms with Crippen LogP contribution in [-0.4, -0.2) is 62.4 Å². The van der Waals surface area contributed by atoms with Crippen molar-refractivity contribution in [3.63, 3.8) is 0 Å². The lowest BCUT2D eigenvalue weighted by atomic mass is 10.0. The van der Waals surface area contributed by atoms with Crippen molar-refractivity contribution in [1.29, 1.82) is 0 Å². The van der Waals surface area contributed by atoms with Crippen molar-refractivity contribution in [2.75, 3.05) is 6.54 Å². The number of nitrogens with zero attached hydrogens (tertiary/aromatic N) is 1. The number of likely N-dealkylation sites (tertiary alicyclic amines) is 1. The topological polar surface area (TPSA) is 144 Å². The number of hydrogen-bond donors (Lipinski definition) is 5. The molecular weight excluding hydrogens is 458 g/mol. The van der Waals surface area contributed by atoms with Gasteiger partial charge in [-0.3, -0.25) is 9.59 Å². The SMILES string of the molecule is N[C@@H](Cc1c[nH]c2ccccc12)C(=O)N[C@@H](Cc1c[nH]c2ccccc12)C(=O)N1CCC[C@@H]1C(=O)O. The third-order valence-corrected chi connectivity index (χ3v) is 6.99. The van der Waals surface area contributed by atoms with Crippen LogP contribution >= 0.6 is 0 Å². The van der Waals surface area contributed by atoms with Gasteiger partial charge >= 0.3 is 5.97 Å². The second-order valence-corrected chi connectivity index (χ2v) is 9.32. The minimum absolute atomic E-state index is 0.219. The normalized spacial score (nSPS) is 17.4. The van der Waals surface area contributed by atoms with Gasteiger partial charge in [-0.1, -0.05) is 36.4 Å². The van der Waals surface area contributed by atoms with Gasteiger partial charge in [-0.2, -0.15) is 0 Å². The standard InChI is InChI=1S/C27H29N5O4/c28-20(12-16-14-29-21-8-3-1-6-18(16)21)25(33)31-23(26(34)32-11-5-10-24(32)27(35)36)13-17-15-30-22-9-4-2-7-19(17)22/h1-4,6-9,14-15,20,23-24,29-30H,5,10-13,28H2,(H,31,33)(H,35,36)/t20-,23-,24+/m0/s1. The van der Waals surface area contributed by atoms with Gasteiger partial charge in [0.05, 0.1) is 6.04 Å². The Kier molecular flexibility index (Phi) is 6.47. The van der Waals surface area contributed by atoms with Gasteiger partial charge in [-0.05, 0) is 42.5 Å². The van der Waals surface area contributed by atoms with E-state index >= 15 is 0 Å². The summed E-state index contributed by atoms with van der Waals surface area (Å²) in [4.78, 5) is 46.2. The zero-order chi connectivity index (χ0) is 25.2. The van der Waals surface area contributed by atoms with E-state index in [0.29, 0.717) is 25.8 Å². The second kappa shape index (κ2) is 9.87. The van der Waals surface area contributed by atoms with Gasteiger partial charge in [0.25, 0.3) is 0 Å². The van der Waals surface area contributed by atoms with E-state index in [9.17, 15) is 19.5 Å². The highest BCUT2D eigenvalue weighted by Crippen LogP contribution is 2.23. The number of fused-ring (bicyclic) bond motifs is 2. The Bertz CT molecular complexity index is 1420. The molecule has 186 valence electrons. The zero-order valence-corrected chi connectivity index (χ0v) is 19.7. The number of H-pyrrole nitrogens is 2. The van der Waals surface area contributed by atoms with Crippen molar-refractivity contribution in [3.05, 3.63) is 72.1 Å². The van der Waals surface area contributed by atoms with Crippen LogP contribution in [0, 0.1) is 0 Å². The van der Waals surface area contributed by atoms with Crippen molar-refractivity contribution >= 4 is 39.6 Å². The lowest BCUT2D eigenvalue weighted by molar-refractivity contribution is -0.149. The van der Waals surface area contributed by atoms with Gasteiger partial charge in [-0.15, -0.1) is 0 Å². The average molecular weight is 488 g/mol. The summed E-state index contributed by atoms with van der Waals surface area (Å²) < 4.78 is 0. The maximum absolute atomic E-state index is 13.6. The highest BCUT2D eigenvalue weighted by atomic mass is 16.4. The highest BCUT2D eigenvalue weighted by Gasteiger charge is 2.38. The van der Waals surface area contributed by atoms with Gasteiger partial charge in [0.1, 0.15) is 12.1 Å². The second-order valence-electron chi connectivity index (χ2n) is 9.32. The molecule has 1 saturated heterocycles. The van der Waals surface area contributed by atoms with Crippen molar-refractivity contribution in [2.24, 2.45) is 5.73 Å². The molecule has 9 heteroatoms. The Labute approximate surface area is 207 Å². The summed E-state index contributed by atoms with van der Waals surface area (Å²) >= 11 is 0. The molecule has 1 aliphatic heterocycles. The molecule has 0 saturated carbocycles. The van der Waals surface area contributed by atoms with E-state index in [1.54, 1.807) is 0 Å². The number of carboxylic acids is 1. The Balaban J connectivity index is 1.37. The summed E-state index contributed by atoms with van der Waals surface area (Å²) in [5.74, 6) is -1.89. The third-order valence-electron chi connectivity index (χ3n) is 6.99. The van der Waals surface area contributed by atoms with E-state index in [2.05, 4.69) is 15.3 Å². The summed E-state index contributed by atoms with van der Waals surface area (Å²) in [6, 6.07) is 12.8. The van der Waals surface area contributed by atoms with Crippen molar-refractivity contribution in [2.45, 2.75) is 43.8 Å². The molecule has 0 unspecified atom stereocenters. The largest absolute Gasteiger partial charge is 0.480 e. The first-order valence-electron chi connectivity index (χ1n) is 12.1. The molecule has 1 fully saturated rings. The minimum Gasteiger partial charge on any atom is -0.480 e. The molecule has 6 N–H and O–H groups in total. The first-order chi connectivity index (χ1) is 17.4.